The molecule has 0 radical (unpaired) electrons. The number of aromatic nitrogens is 1. The monoisotopic (exact) mass is 570 g/mol. The van der Waals surface area contributed by atoms with Crippen LogP contribution in [-0.4, -0.2) is 78.4 Å². The molecule has 0 bridgehead atoms. The minimum absolute atomic E-state index is 0.0591. The number of sulfonamides is 1. The Morgan fingerprint density at radius 2 is 1.88 bits per heavy atom. The van der Waals surface area contributed by atoms with Gasteiger partial charge in [-0.05, 0) is 61.5 Å². The average Bonchev–Trinajstić information content (AvgIpc) is 2.95. The van der Waals surface area contributed by atoms with E-state index in [2.05, 4.69) is 10.3 Å². The van der Waals surface area contributed by atoms with Crippen molar-refractivity contribution in [3.8, 4) is 5.75 Å². The van der Waals surface area contributed by atoms with Gasteiger partial charge in [0, 0.05) is 43.2 Å². The molecule has 4 rings (SSSR count). The standard InChI is InChI=1S/C28H31FN4O6S/c1-18-15-33(19(2)17-34)28(36)24-14-22(31-27(35)20-10-12-30-13-11-20)6-9-25(24)39-26(18)16-32(3)40(37,38)23-7-4-21(29)5-8-23/h4-14,18-19,26,34H,15-17H2,1-3H3,(H,31,35)/t18-,19-,26-/m1/s1. The molecular weight excluding hydrogens is 539 g/mol. The Balaban J connectivity index is 1.65. The number of anilines is 1. The van der Waals surface area contributed by atoms with Gasteiger partial charge in [0.1, 0.15) is 17.7 Å². The molecule has 2 heterocycles. The first-order valence-electron chi connectivity index (χ1n) is 12.7. The summed E-state index contributed by atoms with van der Waals surface area (Å²) in [4.78, 5) is 31.6. The number of aliphatic hydroxyl groups excluding tert-OH is 1. The summed E-state index contributed by atoms with van der Waals surface area (Å²) in [6.45, 7) is 3.39. The summed E-state index contributed by atoms with van der Waals surface area (Å²) in [5.41, 5.74) is 0.906. The van der Waals surface area contributed by atoms with Crippen LogP contribution in [0.25, 0.3) is 0 Å². The van der Waals surface area contributed by atoms with E-state index in [0.717, 1.165) is 16.4 Å². The Kier molecular flexibility index (Phi) is 8.82. The normalized spacial score (nSPS) is 18.4. The van der Waals surface area contributed by atoms with E-state index in [4.69, 9.17) is 4.74 Å². The fourth-order valence-corrected chi connectivity index (χ4v) is 5.55. The molecule has 1 aromatic heterocycles. The van der Waals surface area contributed by atoms with Gasteiger partial charge in [-0.1, -0.05) is 6.92 Å². The number of nitrogens with zero attached hydrogens (tertiary/aromatic N) is 3. The van der Waals surface area contributed by atoms with E-state index in [1.165, 1.54) is 42.5 Å². The molecule has 3 atom stereocenters. The SMILES string of the molecule is C[C@@H]1CN([C@H](C)CO)C(=O)c2cc(NC(=O)c3ccncc3)ccc2O[C@@H]1CN(C)S(=O)(=O)c1ccc(F)cc1. The molecule has 10 nitrogen and oxygen atoms in total. The number of halogens is 1. The molecule has 212 valence electrons. The number of hydrogen-bond donors (Lipinski definition) is 2. The lowest BCUT2D eigenvalue weighted by molar-refractivity contribution is 0.0387. The smallest absolute Gasteiger partial charge is 0.258 e. The van der Waals surface area contributed by atoms with Crippen molar-refractivity contribution in [2.45, 2.75) is 30.9 Å². The number of amides is 2. The minimum Gasteiger partial charge on any atom is -0.488 e. The maximum Gasteiger partial charge on any atom is 0.258 e. The first-order valence-corrected chi connectivity index (χ1v) is 14.1. The molecule has 0 saturated heterocycles. The van der Waals surface area contributed by atoms with Crippen LogP contribution in [0.5, 0.6) is 5.75 Å². The second-order valence-electron chi connectivity index (χ2n) is 9.76. The number of carbonyl (C=O) groups is 2. The van der Waals surface area contributed by atoms with E-state index in [1.807, 2.05) is 6.92 Å². The predicted molar refractivity (Wildman–Crippen MR) is 146 cm³/mol. The molecule has 40 heavy (non-hydrogen) atoms. The van der Waals surface area contributed by atoms with E-state index in [1.54, 1.807) is 31.2 Å². The van der Waals surface area contributed by atoms with Crippen molar-refractivity contribution in [1.82, 2.24) is 14.2 Å². The Bertz CT molecular complexity index is 1470. The van der Waals surface area contributed by atoms with Crippen molar-refractivity contribution < 1.29 is 32.2 Å². The van der Waals surface area contributed by atoms with Gasteiger partial charge in [0.2, 0.25) is 10.0 Å². The molecule has 0 fully saturated rings. The van der Waals surface area contributed by atoms with Crippen LogP contribution in [0.1, 0.15) is 34.6 Å². The lowest BCUT2D eigenvalue weighted by Gasteiger charge is -2.38. The first kappa shape index (κ1) is 29.1. The van der Waals surface area contributed by atoms with Gasteiger partial charge in [0.15, 0.2) is 0 Å². The van der Waals surface area contributed by atoms with E-state index in [-0.39, 0.29) is 47.7 Å². The number of fused-ring (bicyclic) bond motifs is 1. The number of carbonyl (C=O) groups excluding carboxylic acids is 2. The van der Waals surface area contributed by atoms with Crippen LogP contribution >= 0.6 is 0 Å². The highest BCUT2D eigenvalue weighted by Crippen LogP contribution is 2.31. The van der Waals surface area contributed by atoms with Crippen LogP contribution in [0.3, 0.4) is 0 Å². The molecule has 2 amide bonds. The maximum absolute atomic E-state index is 13.6. The molecule has 0 spiro atoms. The molecular formula is C28H31FN4O6S. The zero-order valence-electron chi connectivity index (χ0n) is 22.3. The molecule has 0 unspecified atom stereocenters. The van der Waals surface area contributed by atoms with E-state index in [9.17, 15) is 27.5 Å². The van der Waals surface area contributed by atoms with Gasteiger partial charge in [-0.3, -0.25) is 14.6 Å². The van der Waals surface area contributed by atoms with Gasteiger partial charge >= 0.3 is 0 Å². The summed E-state index contributed by atoms with van der Waals surface area (Å²) in [5, 5.41) is 12.6. The maximum atomic E-state index is 13.6. The van der Waals surface area contributed by atoms with Crippen molar-refractivity contribution >= 4 is 27.5 Å². The lowest BCUT2D eigenvalue weighted by atomic mass is 9.99. The number of pyridine rings is 1. The molecule has 12 heteroatoms. The summed E-state index contributed by atoms with van der Waals surface area (Å²) in [7, 11) is -2.55. The highest BCUT2D eigenvalue weighted by molar-refractivity contribution is 7.89. The number of benzene rings is 2. The molecule has 0 saturated carbocycles. The topological polar surface area (TPSA) is 129 Å². The van der Waals surface area contributed by atoms with Crippen molar-refractivity contribution in [3.63, 3.8) is 0 Å². The third-order valence-corrected chi connectivity index (χ3v) is 8.66. The molecule has 1 aliphatic rings. The summed E-state index contributed by atoms with van der Waals surface area (Å²) >= 11 is 0. The van der Waals surface area contributed by atoms with Gasteiger partial charge in [0.25, 0.3) is 11.8 Å². The average molecular weight is 571 g/mol. The Hall–Kier alpha value is -3.87. The first-order chi connectivity index (χ1) is 19.0. The molecule has 2 N–H and O–H groups in total. The Morgan fingerprint density at radius 1 is 1.20 bits per heavy atom. The lowest BCUT2D eigenvalue weighted by Crippen LogP contribution is -2.50. The molecule has 2 aromatic carbocycles. The van der Waals surface area contributed by atoms with Gasteiger partial charge in [-0.25, -0.2) is 12.8 Å². The van der Waals surface area contributed by atoms with Crippen LogP contribution in [0.15, 0.2) is 71.9 Å². The third-order valence-electron chi connectivity index (χ3n) is 6.82. The number of aliphatic hydroxyl groups is 1. The summed E-state index contributed by atoms with van der Waals surface area (Å²) < 4.78 is 47.1. The number of hydrogen-bond acceptors (Lipinski definition) is 7. The second-order valence-corrected chi connectivity index (χ2v) is 11.8. The molecule has 0 aliphatic carbocycles. The zero-order valence-corrected chi connectivity index (χ0v) is 23.1. The van der Waals surface area contributed by atoms with E-state index in [0.29, 0.717) is 11.3 Å². The van der Waals surface area contributed by atoms with Gasteiger partial charge in [-0.15, -0.1) is 0 Å². The van der Waals surface area contributed by atoms with Crippen LogP contribution in [0.2, 0.25) is 0 Å². The second kappa shape index (κ2) is 12.1. The number of likely N-dealkylation sites (N-methyl/N-ethyl adjacent to an activating group) is 1. The quantitative estimate of drug-likeness (QED) is 0.426. The predicted octanol–water partition coefficient (Wildman–Crippen LogP) is 3.01. The van der Waals surface area contributed by atoms with Crippen molar-refractivity contribution in [2.75, 3.05) is 32.1 Å². The number of ether oxygens (including phenoxy) is 1. The van der Waals surface area contributed by atoms with Crippen molar-refractivity contribution in [2.24, 2.45) is 5.92 Å². The van der Waals surface area contributed by atoms with Crippen molar-refractivity contribution in [3.05, 3.63) is 83.9 Å². The van der Waals surface area contributed by atoms with Crippen LogP contribution in [0, 0.1) is 11.7 Å². The van der Waals surface area contributed by atoms with E-state index >= 15 is 0 Å². The molecule has 1 aliphatic heterocycles. The summed E-state index contributed by atoms with van der Waals surface area (Å²) in [6.07, 6.45) is 2.31. The summed E-state index contributed by atoms with van der Waals surface area (Å²) in [5.74, 6) is -1.45. The van der Waals surface area contributed by atoms with Gasteiger partial charge in [0.05, 0.1) is 29.7 Å². The van der Waals surface area contributed by atoms with E-state index < -0.39 is 33.9 Å². The molecule has 3 aromatic rings. The minimum atomic E-state index is -3.95. The Morgan fingerprint density at radius 3 is 2.52 bits per heavy atom. The van der Waals surface area contributed by atoms with Crippen LogP contribution in [-0.2, 0) is 10.0 Å². The fraction of sp³-hybridized carbons (Fsp3) is 0.321. The number of rotatable bonds is 8. The van der Waals surface area contributed by atoms with Crippen LogP contribution in [0.4, 0.5) is 10.1 Å². The van der Waals surface area contributed by atoms with Gasteiger partial charge < -0.3 is 20.1 Å². The summed E-state index contributed by atoms with van der Waals surface area (Å²) in [6, 6.07) is 11.8. The third kappa shape index (κ3) is 6.30. The highest BCUT2D eigenvalue weighted by atomic mass is 32.2. The van der Waals surface area contributed by atoms with Crippen molar-refractivity contribution in [1.29, 1.82) is 0 Å². The Labute approximate surface area is 232 Å². The number of nitrogens with one attached hydrogen (secondary N) is 1. The highest BCUT2D eigenvalue weighted by Gasteiger charge is 2.35. The zero-order chi connectivity index (χ0) is 29.0. The fourth-order valence-electron chi connectivity index (χ4n) is 4.36. The van der Waals surface area contributed by atoms with Crippen LogP contribution < -0.4 is 10.1 Å². The van der Waals surface area contributed by atoms with Gasteiger partial charge in [-0.2, -0.15) is 4.31 Å². The largest absolute Gasteiger partial charge is 0.488 e.